The summed E-state index contributed by atoms with van der Waals surface area (Å²) in [6, 6.07) is 0.347. The summed E-state index contributed by atoms with van der Waals surface area (Å²) in [5.41, 5.74) is 5.98. The molecule has 2 aliphatic rings. The number of aliphatic imine (C=N–C) groups is 1. The SMILES string of the molecule is CC(C)CCCC(C)NC(N)=NCC1COC2(CCOCC2)O1.I. The Morgan fingerprint density at radius 3 is 2.62 bits per heavy atom. The molecular formula is C17H34IN3O3. The van der Waals surface area contributed by atoms with Gasteiger partial charge in [-0.1, -0.05) is 26.7 Å². The first-order valence-electron chi connectivity index (χ1n) is 8.95. The molecule has 142 valence electrons. The van der Waals surface area contributed by atoms with Crippen molar-refractivity contribution in [3.05, 3.63) is 0 Å². The van der Waals surface area contributed by atoms with E-state index in [0.29, 0.717) is 38.4 Å². The van der Waals surface area contributed by atoms with Crippen LogP contribution in [0.15, 0.2) is 4.99 Å². The summed E-state index contributed by atoms with van der Waals surface area (Å²) >= 11 is 0. The quantitative estimate of drug-likeness (QED) is 0.351. The summed E-state index contributed by atoms with van der Waals surface area (Å²) in [5, 5.41) is 3.26. The van der Waals surface area contributed by atoms with Gasteiger partial charge in [0.1, 0.15) is 6.10 Å². The molecular weight excluding hydrogens is 421 g/mol. The second-order valence-electron chi connectivity index (χ2n) is 7.17. The molecule has 0 bridgehead atoms. The molecule has 0 aromatic rings. The van der Waals surface area contributed by atoms with Crippen molar-refractivity contribution in [3.8, 4) is 0 Å². The molecule has 6 nitrogen and oxygen atoms in total. The number of hydrogen-bond acceptors (Lipinski definition) is 4. The van der Waals surface area contributed by atoms with E-state index in [2.05, 4.69) is 31.1 Å². The van der Waals surface area contributed by atoms with Gasteiger partial charge in [0.15, 0.2) is 11.7 Å². The van der Waals surface area contributed by atoms with E-state index in [1.165, 1.54) is 12.8 Å². The van der Waals surface area contributed by atoms with Gasteiger partial charge in [-0.2, -0.15) is 0 Å². The molecule has 3 N–H and O–H groups in total. The molecule has 2 rings (SSSR count). The van der Waals surface area contributed by atoms with Crippen molar-refractivity contribution in [2.24, 2.45) is 16.6 Å². The Balaban J connectivity index is 0.00000288. The van der Waals surface area contributed by atoms with Crippen LogP contribution < -0.4 is 11.1 Å². The maximum atomic E-state index is 6.04. The van der Waals surface area contributed by atoms with Crippen molar-refractivity contribution < 1.29 is 14.2 Å². The molecule has 24 heavy (non-hydrogen) atoms. The van der Waals surface area contributed by atoms with Gasteiger partial charge in [-0.25, -0.2) is 0 Å². The van der Waals surface area contributed by atoms with Gasteiger partial charge in [0, 0.05) is 18.9 Å². The second kappa shape index (κ2) is 10.8. The van der Waals surface area contributed by atoms with Gasteiger partial charge in [0.25, 0.3) is 0 Å². The fourth-order valence-electron chi connectivity index (χ4n) is 3.05. The predicted molar refractivity (Wildman–Crippen MR) is 107 cm³/mol. The summed E-state index contributed by atoms with van der Waals surface area (Å²) in [6.07, 6.45) is 5.16. The van der Waals surface area contributed by atoms with Crippen LogP contribution in [0.3, 0.4) is 0 Å². The van der Waals surface area contributed by atoms with E-state index < -0.39 is 5.79 Å². The predicted octanol–water partition coefficient (Wildman–Crippen LogP) is 2.65. The van der Waals surface area contributed by atoms with Crippen molar-refractivity contribution in [1.82, 2.24) is 5.32 Å². The van der Waals surface area contributed by atoms with Gasteiger partial charge < -0.3 is 25.3 Å². The number of ether oxygens (including phenoxy) is 3. The minimum absolute atomic E-state index is 0. The van der Waals surface area contributed by atoms with Crippen LogP contribution in [0.2, 0.25) is 0 Å². The first-order chi connectivity index (χ1) is 11.0. The number of nitrogens with two attached hydrogens (primary N) is 1. The first-order valence-corrected chi connectivity index (χ1v) is 8.95. The molecule has 2 saturated heterocycles. The van der Waals surface area contributed by atoms with E-state index in [-0.39, 0.29) is 30.1 Å². The van der Waals surface area contributed by atoms with Crippen LogP contribution in [0.5, 0.6) is 0 Å². The fourth-order valence-corrected chi connectivity index (χ4v) is 3.05. The van der Waals surface area contributed by atoms with E-state index in [1.54, 1.807) is 0 Å². The van der Waals surface area contributed by atoms with E-state index in [0.717, 1.165) is 25.2 Å². The first kappa shape index (κ1) is 21.9. The third kappa shape index (κ3) is 7.41. The third-order valence-electron chi connectivity index (χ3n) is 4.45. The monoisotopic (exact) mass is 455 g/mol. The summed E-state index contributed by atoms with van der Waals surface area (Å²) in [6.45, 7) is 9.18. The largest absolute Gasteiger partial charge is 0.381 e. The van der Waals surface area contributed by atoms with Crippen molar-refractivity contribution >= 4 is 29.9 Å². The van der Waals surface area contributed by atoms with Crippen molar-refractivity contribution in [2.75, 3.05) is 26.4 Å². The highest BCUT2D eigenvalue weighted by molar-refractivity contribution is 14.0. The summed E-state index contributed by atoms with van der Waals surface area (Å²) < 4.78 is 17.3. The molecule has 0 amide bonds. The third-order valence-corrected chi connectivity index (χ3v) is 4.45. The Bertz CT molecular complexity index is 387. The Morgan fingerprint density at radius 2 is 1.96 bits per heavy atom. The lowest BCUT2D eigenvalue weighted by atomic mass is 10.0. The highest BCUT2D eigenvalue weighted by atomic mass is 127. The Morgan fingerprint density at radius 1 is 1.25 bits per heavy atom. The lowest BCUT2D eigenvalue weighted by Gasteiger charge is -2.31. The van der Waals surface area contributed by atoms with Crippen molar-refractivity contribution in [3.63, 3.8) is 0 Å². The van der Waals surface area contributed by atoms with E-state index in [1.807, 2.05) is 0 Å². The van der Waals surface area contributed by atoms with Crippen LogP contribution in [0.4, 0.5) is 0 Å². The standard InChI is InChI=1S/C17H33N3O3.HI/c1-13(2)5-4-6-14(3)20-16(18)19-11-15-12-22-17(23-15)7-9-21-10-8-17;/h13-15H,4-12H2,1-3H3,(H3,18,19,20);1H. The van der Waals surface area contributed by atoms with Crippen LogP contribution in [-0.4, -0.2) is 50.3 Å². The van der Waals surface area contributed by atoms with Crippen LogP contribution in [0.1, 0.15) is 52.9 Å². The number of rotatable bonds is 7. The average molecular weight is 455 g/mol. The van der Waals surface area contributed by atoms with E-state index in [4.69, 9.17) is 19.9 Å². The van der Waals surface area contributed by atoms with Gasteiger partial charge in [-0.15, -0.1) is 24.0 Å². The Hall–Kier alpha value is -0.120. The minimum atomic E-state index is -0.440. The Labute approximate surface area is 163 Å². The molecule has 1 spiro atoms. The summed E-state index contributed by atoms with van der Waals surface area (Å²) in [4.78, 5) is 4.41. The molecule has 2 aliphatic heterocycles. The lowest BCUT2D eigenvalue weighted by Crippen LogP contribution is -2.39. The maximum absolute atomic E-state index is 6.04. The smallest absolute Gasteiger partial charge is 0.188 e. The number of hydrogen-bond donors (Lipinski definition) is 2. The molecule has 0 aromatic heterocycles. The topological polar surface area (TPSA) is 78.1 Å². The molecule has 2 unspecified atom stereocenters. The van der Waals surface area contributed by atoms with E-state index in [9.17, 15) is 0 Å². The number of nitrogens with one attached hydrogen (secondary N) is 1. The summed E-state index contributed by atoms with van der Waals surface area (Å²) in [7, 11) is 0. The molecule has 0 aliphatic carbocycles. The minimum Gasteiger partial charge on any atom is -0.381 e. The highest BCUT2D eigenvalue weighted by Crippen LogP contribution is 2.33. The normalized spacial score (nSPS) is 24.8. The highest BCUT2D eigenvalue weighted by Gasteiger charge is 2.42. The molecule has 2 heterocycles. The van der Waals surface area contributed by atoms with Crippen molar-refractivity contribution in [2.45, 2.75) is 70.8 Å². The van der Waals surface area contributed by atoms with Crippen LogP contribution in [0.25, 0.3) is 0 Å². The van der Waals surface area contributed by atoms with Crippen LogP contribution in [-0.2, 0) is 14.2 Å². The number of nitrogens with zero attached hydrogens (tertiary/aromatic N) is 1. The van der Waals surface area contributed by atoms with Gasteiger partial charge in [0.05, 0.1) is 26.4 Å². The zero-order valence-electron chi connectivity index (χ0n) is 15.3. The zero-order chi connectivity index (χ0) is 16.7. The fraction of sp³-hybridized carbons (Fsp3) is 0.941. The average Bonchev–Trinajstić information content (AvgIpc) is 2.88. The Kier molecular flexibility index (Phi) is 9.84. The molecule has 0 saturated carbocycles. The second-order valence-corrected chi connectivity index (χ2v) is 7.17. The molecule has 0 radical (unpaired) electrons. The molecule has 2 fully saturated rings. The lowest BCUT2D eigenvalue weighted by molar-refractivity contribution is -0.210. The van der Waals surface area contributed by atoms with Crippen molar-refractivity contribution in [1.29, 1.82) is 0 Å². The molecule has 7 heteroatoms. The summed E-state index contributed by atoms with van der Waals surface area (Å²) in [5.74, 6) is 0.814. The van der Waals surface area contributed by atoms with Gasteiger partial charge in [-0.3, -0.25) is 4.99 Å². The zero-order valence-corrected chi connectivity index (χ0v) is 17.6. The van der Waals surface area contributed by atoms with E-state index >= 15 is 0 Å². The van der Waals surface area contributed by atoms with Crippen LogP contribution in [0, 0.1) is 5.92 Å². The molecule has 0 aromatic carbocycles. The van der Waals surface area contributed by atoms with Gasteiger partial charge in [-0.05, 0) is 19.3 Å². The van der Waals surface area contributed by atoms with Crippen LogP contribution >= 0.6 is 24.0 Å². The number of guanidine groups is 1. The van der Waals surface area contributed by atoms with Gasteiger partial charge >= 0.3 is 0 Å². The number of halogens is 1. The van der Waals surface area contributed by atoms with Gasteiger partial charge in [0.2, 0.25) is 0 Å². The maximum Gasteiger partial charge on any atom is 0.188 e. The molecule has 2 atom stereocenters.